The molecule has 2 aromatic carbocycles. The fourth-order valence-corrected chi connectivity index (χ4v) is 2.87. The van der Waals surface area contributed by atoms with Crippen LogP contribution in [0.4, 0.5) is 5.69 Å². The second-order valence-corrected chi connectivity index (χ2v) is 6.31. The molecule has 3 aromatic rings. The quantitative estimate of drug-likeness (QED) is 0.661. The number of aromatic nitrogens is 2. The molecular formula is C21H24N4O2. The number of anilines is 1. The Hall–Kier alpha value is -3.15. The Kier molecular flexibility index (Phi) is 6.20. The molecule has 6 heteroatoms. The normalized spacial score (nSPS) is 10.6. The minimum absolute atomic E-state index is 0.0646. The van der Waals surface area contributed by atoms with Gasteiger partial charge >= 0.3 is 0 Å². The van der Waals surface area contributed by atoms with Gasteiger partial charge in [0.05, 0.1) is 6.54 Å². The summed E-state index contributed by atoms with van der Waals surface area (Å²) in [6, 6.07) is 18.0. The summed E-state index contributed by atoms with van der Waals surface area (Å²) in [6.45, 7) is 5.25. The van der Waals surface area contributed by atoms with E-state index in [-0.39, 0.29) is 5.91 Å². The minimum Gasteiger partial charge on any atom is -0.376 e. The number of rotatable bonds is 8. The zero-order chi connectivity index (χ0) is 19.1. The van der Waals surface area contributed by atoms with Gasteiger partial charge in [0, 0.05) is 32.1 Å². The number of nitrogens with zero attached hydrogens (tertiary/aromatic N) is 3. The highest BCUT2D eigenvalue weighted by atomic mass is 16.5. The first-order chi connectivity index (χ1) is 13.2. The Morgan fingerprint density at radius 2 is 1.85 bits per heavy atom. The third kappa shape index (κ3) is 5.17. The Labute approximate surface area is 159 Å². The maximum Gasteiger partial charge on any atom is 0.245 e. The van der Waals surface area contributed by atoms with E-state index in [1.165, 1.54) is 0 Å². The summed E-state index contributed by atoms with van der Waals surface area (Å²) in [5.74, 6) is 1.27. The highest BCUT2D eigenvalue weighted by Gasteiger charge is 2.11. The average Bonchev–Trinajstić information content (AvgIpc) is 3.13. The fourth-order valence-electron chi connectivity index (χ4n) is 2.87. The van der Waals surface area contributed by atoms with Crippen molar-refractivity contribution in [1.29, 1.82) is 0 Å². The Bertz CT molecular complexity index is 877. The van der Waals surface area contributed by atoms with Gasteiger partial charge in [-0.25, -0.2) is 0 Å². The van der Waals surface area contributed by atoms with Crippen LogP contribution in [0.3, 0.4) is 0 Å². The summed E-state index contributed by atoms with van der Waals surface area (Å²) >= 11 is 0. The van der Waals surface area contributed by atoms with Gasteiger partial charge in [-0.15, -0.1) is 0 Å². The largest absolute Gasteiger partial charge is 0.376 e. The maximum absolute atomic E-state index is 11.7. The van der Waals surface area contributed by atoms with Gasteiger partial charge in [0.1, 0.15) is 0 Å². The van der Waals surface area contributed by atoms with Gasteiger partial charge < -0.3 is 14.7 Å². The lowest BCUT2D eigenvalue weighted by molar-refractivity contribution is -0.129. The predicted molar refractivity (Wildman–Crippen MR) is 104 cm³/mol. The molecule has 6 nitrogen and oxygen atoms in total. The van der Waals surface area contributed by atoms with E-state index in [1.807, 2.05) is 61.5 Å². The van der Waals surface area contributed by atoms with E-state index in [9.17, 15) is 4.79 Å². The highest BCUT2D eigenvalue weighted by Crippen LogP contribution is 2.18. The van der Waals surface area contributed by atoms with Crippen LogP contribution in [0.2, 0.25) is 0 Å². The number of para-hydroxylation sites is 1. The monoisotopic (exact) mass is 364 g/mol. The number of amides is 1. The van der Waals surface area contributed by atoms with Crippen LogP contribution in [0.1, 0.15) is 36.7 Å². The summed E-state index contributed by atoms with van der Waals surface area (Å²) < 4.78 is 5.35. The van der Waals surface area contributed by atoms with Crippen molar-refractivity contribution in [2.75, 3.05) is 11.9 Å². The first-order valence-corrected chi connectivity index (χ1v) is 9.08. The second-order valence-electron chi connectivity index (χ2n) is 6.31. The number of hydrogen-bond donors (Lipinski definition) is 1. The van der Waals surface area contributed by atoms with Gasteiger partial charge in [-0.3, -0.25) is 4.79 Å². The van der Waals surface area contributed by atoms with Gasteiger partial charge in [-0.1, -0.05) is 53.7 Å². The van der Waals surface area contributed by atoms with Gasteiger partial charge in [-0.2, -0.15) is 4.98 Å². The predicted octanol–water partition coefficient (Wildman–Crippen LogP) is 3.64. The summed E-state index contributed by atoms with van der Waals surface area (Å²) in [5.41, 5.74) is 3.16. The van der Waals surface area contributed by atoms with Crippen molar-refractivity contribution in [2.24, 2.45) is 0 Å². The van der Waals surface area contributed by atoms with Gasteiger partial charge in [0.25, 0.3) is 0 Å². The SMILES string of the molecule is CCN(Cc1ccccc1NCc1nc(Cc2ccccc2)no1)C(C)=O. The van der Waals surface area contributed by atoms with E-state index in [4.69, 9.17) is 4.52 Å². The van der Waals surface area contributed by atoms with Gasteiger partial charge in [0.2, 0.25) is 11.8 Å². The molecule has 0 saturated heterocycles. The van der Waals surface area contributed by atoms with Crippen LogP contribution in [0.25, 0.3) is 0 Å². The maximum atomic E-state index is 11.7. The van der Waals surface area contributed by atoms with E-state index in [0.29, 0.717) is 37.8 Å². The number of benzene rings is 2. The topological polar surface area (TPSA) is 71.3 Å². The molecule has 1 N–H and O–H groups in total. The van der Waals surface area contributed by atoms with E-state index < -0.39 is 0 Å². The van der Waals surface area contributed by atoms with E-state index in [0.717, 1.165) is 16.8 Å². The molecule has 0 aliphatic rings. The molecule has 0 fully saturated rings. The van der Waals surface area contributed by atoms with Crippen LogP contribution in [0, 0.1) is 0 Å². The number of carbonyl (C=O) groups is 1. The average molecular weight is 364 g/mol. The first kappa shape index (κ1) is 18.6. The molecule has 1 amide bonds. The molecule has 140 valence electrons. The Morgan fingerprint density at radius 3 is 2.59 bits per heavy atom. The lowest BCUT2D eigenvalue weighted by Crippen LogP contribution is -2.28. The summed E-state index contributed by atoms with van der Waals surface area (Å²) in [5, 5.41) is 7.39. The molecule has 0 spiro atoms. The standard InChI is InChI=1S/C21H24N4O2/c1-3-25(16(2)26)15-18-11-7-8-12-19(18)22-14-21-23-20(24-27-21)13-17-9-5-4-6-10-17/h4-12,22H,3,13-15H2,1-2H3. The molecule has 0 saturated carbocycles. The zero-order valence-corrected chi connectivity index (χ0v) is 15.7. The molecule has 0 aliphatic carbocycles. The van der Waals surface area contributed by atoms with Crippen LogP contribution in [0.5, 0.6) is 0 Å². The number of hydrogen-bond acceptors (Lipinski definition) is 5. The minimum atomic E-state index is 0.0646. The fraction of sp³-hybridized carbons (Fsp3) is 0.286. The number of carbonyl (C=O) groups excluding carboxylic acids is 1. The van der Waals surface area contributed by atoms with Crippen molar-refractivity contribution in [2.45, 2.75) is 33.4 Å². The number of nitrogens with one attached hydrogen (secondary N) is 1. The highest BCUT2D eigenvalue weighted by molar-refractivity contribution is 5.73. The molecule has 0 radical (unpaired) electrons. The van der Waals surface area contributed by atoms with Crippen molar-refractivity contribution in [3.63, 3.8) is 0 Å². The molecule has 0 unspecified atom stereocenters. The van der Waals surface area contributed by atoms with E-state index >= 15 is 0 Å². The van der Waals surface area contributed by atoms with Gasteiger partial charge in [-0.05, 0) is 24.1 Å². The second kappa shape index (κ2) is 8.98. The van der Waals surface area contributed by atoms with E-state index in [2.05, 4.69) is 15.5 Å². The third-order valence-corrected chi connectivity index (χ3v) is 4.35. The van der Waals surface area contributed by atoms with Crippen LogP contribution >= 0.6 is 0 Å². The lowest BCUT2D eigenvalue weighted by atomic mass is 10.1. The van der Waals surface area contributed by atoms with Crippen molar-refractivity contribution in [3.8, 4) is 0 Å². The smallest absolute Gasteiger partial charge is 0.245 e. The van der Waals surface area contributed by atoms with Gasteiger partial charge in [0.15, 0.2) is 5.82 Å². The van der Waals surface area contributed by atoms with Crippen LogP contribution < -0.4 is 5.32 Å². The first-order valence-electron chi connectivity index (χ1n) is 9.08. The van der Waals surface area contributed by atoms with Crippen LogP contribution in [-0.4, -0.2) is 27.5 Å². The molecule has 0 aliphatic heterocycles. The zero-order valence-electron chi connectivity index (χ0n) is 15.7. The van der Waals surface area contributed by atoms with Crippen molar-refractivity contribution in [1.82, 2.24) is 15.0 Å². The molecular weight excluding hydrogens is 340 g/mol. The summed E-state index contributed by atoms with van der Waals surface area (Å²) in [7, 11) is 0. The lowest BCUT2D eigenvalue weighted by Gasteiger charge is -2.21. The molecule has 1 aromatic heterocycles. The molecule has 27 heavy (non-hydrogen) atoms. The summed E-state index contributed by atoms with van der Waals surface area (Å²) in [6.07, 6.45) is 0.644. The van der Waals surface area contributed by atoms with Crippen molar-refractivity contribution >= 4 is 11.6 Å². The summed E-state index contributed by atoms with van der Waals surface area (Å²) in [4.78, 5) is 17.9. The molecule has 3 rings (SSSR count). The Morgan fingerprint density at radius 1 is 1.11 bits per heavy atom. The van der Waals surface area contributed by atoms with E-state index in [1.54, 1.807) is 11.8 Å². The molecule has 0 bridgehead atoms. The molecule has 0 atom stereocenters. The van der Waals surface area contributed by atoms with Crippen LogP contribution in [-0.2, 0) is 24.3 Å². The Balaban J connectivity index is 1.63. The van der Waals surface area contributed by atoms with Crippen molar-refractivity contribution < 1.29 is 9.32 Å². The van der Waals surface area contributed by atoms with Crippen LogP contribution in [0.15, 0.2) is 59.1 Å². The molecule has 1 heterocycles. The van der Waals surface area contributed by atoms with Crippen molar-refractivity contribution in [3.05, 3.63) is 77.4 Å². The third-order valence-electron chi connectivity index (χ3n) is 4.35.